The molecule has 0 radical (unpaired) electrons. The summed E-state index contributed by atoms with van der Waals surface area (Å²) in [7, 11) is 0. The van der Waals surface area contributed by atoms with Crippen molar-refractivity contribution >= 4 is 6.03 Å². The van der Waals surface area contributed by atoms with Gasteiger partial charge in [-0.05, 0) is 42.5 Å². The van der Waals surface area contributed by atoms with Gasteiger partial charge in [0.15, 0.2) is 0 Å². The van der Waals surface area contributed by atoms with Gasteiger partial charge in [0.1, 0.15) is 25.0 Å². The number of β-amino-alcohol motifs (C(OH)–C–C–N with tert-alkyl or cyclic N) is 1. The van der Waals surface area contributed by atoms with E-state index in [0.29, 0.717) is 42.8 Å². The predicted octanol–water partition coefficient (Wildman–Crippen LogP) is 0.785. The maximum Gasteiger partial charge on any atom is 0.318 e. The molecule has 3 rings (SSSR count). The van der Waals surface area contributed by atoms with Crippen LogP contribution in [-0.4, -0.2) is 72.9 Å². The topological polar surface area (TPSA) is 113 Å². The highest BCUT2D eigenvalue weighted by molar-refractivity contribution is 5.74. The van der Waals surface area contributed by atoms with E-state index in [1.54, 1.807) is 29.2 Å². The smallest absolute Gasteiger partial charge is 0.318 e. The van der Waals surface area contributed by atoms with Crippen LogP contribution in [0.25, 0.3) is 0 Å². The summed E-state index contributed by atoms with van der Waals surface area (Å²) >= 11 is 0. The van der Waals surface area contributed by atoms with E-state index < -0.39 is 6.10 Å². The van der Waals surface area contributed by atoms with Crippen molar-refractivity contribution in [3.8, 4) is 17.9 Å². The predicted molar refractivity (Wildman–Crippen MR) is 101 cm³/mol. The van der Waals surface area contributed by atoms with Crippen molar-refractivity contribution < 1.29 is 14.6 Å². The third-order valence-electron chi connectivity index (χ3n) is 5.16. The Morgan fingerprint density at radius 2 is 1.89 bits per heavy atom. The van der Waals surface area contributed by atoms with Crippen molar-refractivity contribution in [2.24, 2.45) is 11.8 Å². The number of nitrogens with one attached hydrogen (secondary N) is 1. The number of ether oxygens (including phenoxy) is 1. The molecule has 0 aliphatic carbocycles. The molecule has 2 aliphatic heterocycles. The number of piperidine rings is 2. The van der Waals surface area contributed by atoms with Gasteiger partial charge in [-0.2, -0.15) is 10.5 Å². The van der Waals surface area contributed by atoms with Crippen LogP contribution in [0.2, 0.25) is 0 Å². The molecule has 0 spiro atoms. The Hall–Kier alpha value is -2.81. The van der Waals surface area contributed by atoms with Crippen molar-refractivity contribution in [1.82, 2.24) is 15.1 Å². The molecule has 2 amide bonds. The monoisotopic (exact) mass is 383 g/mol. The minimum atomic E-state index is -0.607. The number of aliphatic hydroxyl groups excluding tert-OH is 1. The normalized spacial score (nSPS) is 22.6. The number of carbonyl (C=O) groups is 1. The molecule has 0 aromatic heterocycles. The summed E-state index contributed by atoms with van der Waals surface area (Å²) in [4.78, 5) is 16.1. The van der Waals surface area contributed by atoms with Gasteiger partial charge in [-0.15, -0.1) is 0 Å². The molecule has 2 bridgehead atoms. The average molecular weight is 383 g/mol. The van der Waals surface area contributed by atoms with Crippen LogP contribution in [0.5, 0.6) is 5.75 Å². The van der Waals surface area contributed by atoms with Crippen LogP contribution >= 0.6 is 0 Å². The summed E-state index contributed by atoms with van der Waals surface area (Å²) in [5.74, 6) is 1.39. The van der Waals surface area contributed by atoms with Crippen LogP contribution in [0.4, 0.5) is 4.79 Å². The Labute approximate surface area is 164 Å². The van der Waals surface area contributed by atoms with Crippen molar-refractivity contribution in [3.63, 3.8) is 0 Å². The van der Waals surface area contributed by atoms with Crippen LogP contribution in [0, 0.1) is 34.5 Å². The third kappa shape index (κ3) is 5.35. The lowest BCUT2D eigenvalue weighted by Crippen LogP contribution is -2.57. The van der Waals surface area contributed by atoms with Gasteiger partial charge in [0.05, 0.1) is 17.7 Å². The standard InChI is InChI=1S/C20H25N5O3/c21-5-6-23-20(27)25-11-16-7-17(12-25)10-24(9-16)13-18(26)14-28-19-3-1-15(8-22)2-4-19/h1-4,16-18,26H,6-7,9-14H2,(H,23,27)/t16?,17?,18-/m1/s1. The maximum atomic E-state index is 12.1. The zero-order valence-corrected chi connectivity index (χ0v) is 15.8. The van der Waals surface area contributed by atoms with E-state index in [4.69, 9.17) is 15.3 Å². The van der Waals surface area contributed by atoms with Crippen molar-refractivity contribution in [3.05, 3.63) is 29.8 Å². The number of fused-ring (bicyclic) bond motifs is 2. The molecular formula is C20H25N5O3. The molecule has 1 aromatic rings. The number of carbonyl (C=O) groups excluding carboxylic acids is 1. The number of rotatable bonds is 6. The molecule has 0 saturated carbocycles. The fraction of sp³-hybridized carbons (Fsp3) is 0.550. The van der Waals surface area contributed by atoms with Gasteiger partial charge in [0.2, 0.25) is 0 Å². The van der Waals surface area contributed by atoms with E-state index in [0.717, 1.165) is 19.5 Å². The second kappa shape index (κ2) is 9.41. The summed E-state index contributed by atoms with van der Waals surface area (Å²) in [5, 5.41) is 30.4. The molecule has 1 aromatic carbocycles. The SMILES string of the molecule is N#CCNC(=O)N1CC2CC(CN(C[C@@H](O)COc3ccc(C#N)cc3)C2)C1. The average Bonchev–Trinajstić information content (AvgIpc) is 2.70. The van der Waals surface area contributed by atoms with E-state index in [9.17, 15) is 9.90 Å². The fourth-order valence-electron chi connectivity index (χ4n) is 4.10. The third-order valence-corrected chi connectivity index (χ3v) is 5.16. The zero-order valence-electron chi connectivity index (χ0n) is 15.8. The minimum absolute atomic E-state index is 0.0300. The van der Waals surface area contributed by atoms with Crippen molar-refractivity contribution in [2.45, 2.75) is 12.5 Å². The molecule has 8 nitrogen and oxygen atoms in total. The first-order valence-electron chi connectivity index (χ1n) is 9.50. The first-order valence-corrected chi connectivity index (χ1v) is 9.50. The number of benzene rings is 1. The van der Waals surface area contributed by atoms with Gasteiger partial charge >= 0.3 is 6.03 Å². The Balaban J connectivity index is 1.43. The van der Waals surface area contributed by atoms with E-state index in [-0.39, 0.29) is 19.2 Å². The lowest BCUT2D eigenvalue weighted by atomic mass is 9.84. The second-order valence-corrected chi connectivity index (χ2v) is 7.51. The molecule has 2 unspecified atom stereocenters. The van der Waals surface area contributed by atoms with Crippen LogP contribution < -0.4 is 10.1 Å². The van der Waals surface area contributed by atoms with E-state index in [1.807, 2.05) is 6.07 Å². The number of aliphatic hydroxyl groups is 1. The second-order valence-electron chi connectivity index (χ2n) is 7.51. The van der Waals surface area contributed by atoms with Crippen LogP contribution in [0.15, 0.2) is 24.3 Å². The van der Waals surface area contributed by atoms with Gasteiger partial charge in [-0.25, -0.2) is 4.79 Å². The quantitative estimate of drug-likeness (QED) is 0.702. The number of nitrogens with zero attached hydrogens (tertiary/aromatic N) is 4. The fourth-order valence-corrected chi connectivity index (χ4v) is 4.10. The maximum absolute atomic E-state index is 12.1. The summed E-state index contributed by atoms with van der Waals surface area (Å²) in [6.07, 6.45) is 0.487. The number of amides is 2. The van der Waals surface area contributed by atoms with Gasteiger partial charge in [0.25, 0.3) is 0 Å². The summed E-state index contributed by atoms with van der Waals surface area (Å²) in [6, 6.07) is 10.6. The molecule has 2 saturated heterocycles. The first-order chi connectivity index (χ1) is 13.6. The first kappa shape index (κ1) is 19.9. The Bertz CT molecular complexity index is 741. The number of hydrogen-bond donors (Lipinski definition) is 2. The Morgan fingerprint density at radius 1 is 1.21 bits per heavy atom. The lowest BCUT2D eigenvalue weighted by Gasteiger charge is -2.46. The Kier molecular flexibility index (Phi) is 6.70. The van der Waals surface area contributed by atoms with Gasteiger partial charge < -0.3 is 20.1 Å². The largest absolute Gasteiger partial charge is 0.491 e. The van der Waals surface area contributed by atoms with Crippen LogP contribution in [0.1, 0.15) is 12.0 Å². The molecule has 3 atom stereocenters. The number of likely N-dealkylation sites (tertiary alicyclic amines) is 2. The minimum Gasteiger partial charge on any atom is -0.491 e. The highest BCUT2D eigenvalue weighted by Crippen LogP contribution is 2.28. The van der Waals surface area contributed by atoms with Gasteiger partial charge in [-0.3, -0.25) is 4.90 Å². The lowest BCUT2D eigenvalue weighted by molar-refractivity contribution is 0.00929. The highest BCUT2D eigenvalue weighted by Gasteiger charge is 2.36. The van der Waals surface area contributed by atoms with Gasteiger partial charge in [-0.1, -0.05) is 0 Å². The summed E-state index contributed by atoms with van der Waals surface area (Å²) < 4.78 is 5.62. The molecule has 2 heterocycles. The van der Waals surface area contributed by atoms with E-state index >= 15 is 0 Å². The zero-order chi connectivity index (χ0) is 19.9. The Morgan fingerprint density at radius 3 is 2.50 bits per heavy atom. The molecule has 2 fully saturated rings. The highest BCUT2D eigenvalue weighted by atomic mass is 16.5. The van der Waals surface area contributed by atoms with E-state index in [2.05, 4.69) is 16.3 Å². The van der Waals surface area contributed by atoms with Crippen molar-refractivity contribution in [2.75, 3.05) is 45.9 Å². The molecule has 28 heavy (non-hydrogen) atoms. The number of hydrogen-bond acceptors (Lipinski definition) is 6. The molecule has 8 heteroatoms. The molecule has 2 aliphatic rings. The van der Waals surface area contributed by atoms with E-state index in [1.165, 1.54) is 0 Å². The molecule has 148 valence electrons. The number of nitriles is 2. The van der Waals surface area contributed by atoms with Crippen LogP contribution in [-0.2, 0) is 0 Å². The van der Waals surface area contributed by atoms with Crippen molar-refractivity contribution in [1.29, 1.82) is 10.5 Å². The van der Waals surface area contributed by atoms with Gasteiger partial charge in [0, 0.05) is 32.7 Å². The summed E-state index contributed by atoms with van der Waals surface area (Å²) in [5.41, 5.74) is 0.572. The van der Waals surface area contributed by atoms with Crippen LogP contribution in [0.3, 0.4) is 0 Å². The number of urea groups is 1. The molecule has 2 N–H and O–H groups in total. The molecular weight excluding hydrogens is 358 g/mol. The summed E-state index contributed by atoms with van der Waals surface area (Å²) in [6.45, 7) is 3.80.